The van der Waals surface area contributed by atoms with Crippen molar-refractivity contribution in [3.05, 3.63) is 51.6 Å². The van der Waals surface area contributed by atoms with Gasteiger partial charge in [-0.2, -0.15) is 5.10 Å². The van der Waals surface area contributed by atoms with Gasteiger partial charge < -0.3 is 5.32 Å². The fraction of sp³-hybridized carbons (Fsp3) is 0.357. The van der Waals surface area contributed by atoms with E-state index in [-0.39, 0.29) is 5.56 Å². The van der Waals surface area contributed by atoms with Crippen LogP contribution in [0.4, 0.5) is 13.2 Å². The Morgan fingerprint density at radius 1 is 1.29 bits per heavy atom. The van der Waals surface area contributed by atoms with Gasteiger partial charge in [-0.05, 0) is 20.0 Å². The number of nitrogens with one attached hydrogen (secondary N) is 1. The number of benzene rings is 1. The number of halogens is 4. The summed E-state index contributed by atoms with van der Waals surface area (Å²) in [5, 5.41) is 7.55. The van der Waals surface area contributed by atoms with Crippen LogP contribution in [0, 0.1) is 24.4 Å². The molecule has 1 aromatic heterocycles. The molecule has 3 nitrogen and oxygen atoms in total. The zero-order chi connectivity index (χ0) is 15.7. The van der Waals surface area contributed by atoms with Crippen LogP contribution in [0.25, 0.3) is 0 Å². The number of aromatic nitrogens is 2. The molecule has 1 N–H and O–H groups in total. The van der Waals surface area contributed by atoms with E-state index in [1.165, 1.54) is 6.07 Å². The average Bonchev–Trinajstić information content (AvgIpc) is 2.69. The molecule has 0 saturated heterocycles. The van der Waals surface area contributed by atoms with Gasteiger partial charge in [0.1, 0.15) is 0 Å². The van der Waals surface area contributed by atoms with Crippen molar-refractivity contribution in [3.63, 3.8) is 0 Å². The van der Waals surface area contributed by atoms with E-state index in [0.717, 1.165) is 6.07 Å². The van der Waals surface area contributed by atoms with Crippen molar-refractivity contribution < 1.29 is 13.2 Å². The van der Waals surface area contributed by atoms with Crippen molar-refractivity contribution in [3.8, 4) is 0 Å². The van der Waals surface area contributed by atoms with Crippen molar-refractivity contribution in [2.45, 2.75) is 19.4 Å². The van der Waals surface area contributed by atoms with Crippen molar-refractivity contribution in [2.75, 3.05) is 7.05 Å². The van der Waals surface area contributed by atoms with Crippen LogP contribution in [0.2, 0.25) is 5.02 Å². The quantitative estimate of drug-likeness (QED) is 0.877. The largest absolute Gasteiger partial charge is 0.313 e. The fourth-order valence-electron chi connectivity index (χ4n) is 2.27. The summed E-state index contributed by atoms with van der Waals surface area (Å²) in [7, 11) is 3.34. The molecule has 0 radical (unpaired) electrons. The third-order valence-electron chi connectivity index (χ3n) is 3.45. The van der Waals surface area contributed by atoms with Crippen molar-refractivity contribution in [1.82, 2.24) is 15.1 Å². The topological polar surface area (TPSA) is 29.9 Å². The van der Waals surface area contributed by atoms with Gasteiger partial charge in [-0.1, -0.05) is 17.7 Å². The Balaban J connectivity index is 2.39. The molecule has 0 fully saturated rings. The molecule has 1 heterocycles. The van der Waals surface area contributed by atoms with Gasteiger partial charge in [0.05, 0.1) is 16.4 Å². The Morgan fingerprint density at radius 3 is 2.48 bits per heavy atom. The van der Waals surface area contributed by atoms with Crippen LogP contribution in [-0.4, -0.2) is 16.8 Å². The van der Waals surface area contributed by atoms with E-state index in [2.05, 4.69) is 10.4 Å². The first-order chi connectivity index (χ1) is 9.86. The zero-order valence-corrected chi connectivity index (χ0v) is 12.6. The van der Waals surface area contributed by atoms with Crippen LogP contribution in [0.15, 0.2) is 12.1 Å². The summed E-state index contributed by atoms with van der Waals surface area (Å²) >= 11 is 6.16. The molecule has 0 saturated carbocycles. The molecular formula is C14H15ClF3N3. The number of aryl methyl sites for hydroxylation is 2. The highest BCUT2D eigenvalue weighted by Gasteiger charge is 2.23. The molecule has 2 aromatic rings. The van der Waals surface area contributed by atoms with E-state index in [1.54, 1.807) is 25.7 Å². The molecule has 21 heavy (non-hydrogen) atoms. The molecule has 114 valence electrons. The van der Waals surface area contributed by atoms with Gasteiger partial charge in [-0.3, -0.25) is 4.68 Å². The number of hydrogen-bond donors (Lipinski definition) is 1. The van der Waals surface area contributed by atoms with Crippen molar-refractivity contribution >= 4 is 11.6 Å². The van der Waals surface area contributed by atoms with Crippen molar-refractivity contribution in [2.24, 2.45) is 7.05 Å². The lowest BCUT2D eigenvalue weighted by molar-refractivity contribution is 0.427. The summed E-state index contributed by atoms with van der Waals surface area (Å²) in [6, 6.07) is 1.59. The summed E-state index contributed by atoms with van der Waals surface area (Å²) in [5.74, 6) is -3.87. The van der Waals surface area contributed by atoms with Gasteiger partial charge in [-0.15, -0.1) is 0 Å². The highest BCUT2D eigenvalue weighted by molar-refractivity contribution is 6.31. The first-order valence-corrected chi connectivity index (χ1v) is 6.73. The third-order valence-corrected chi connectivity index (χ3v) is 3.94. The van der Waals surface area contributed by atoms with Gasteiger partial charge in [0.2, 0.25) is 0 Å². The Hall–Kier alpha value is -1.53. The van der Waals surface area contributed by atoms with E-state index in [1.807, 2.05) is 0 Å². The lowest BCUT2D eigenvalue weighted by atomic mass is 10.0. The molecule has 0 spiro atoms. The van der Waals surface area contributed by atoms with E-state index in [4.69, 9.17) is 11.6 Å². The lowest BCUT2D eigenvalue weighted by Gasteiger charge is -2.18. The third kappa shape index (κ3) is 2.91. The molecule has 0 bridgehead atoms. The maximum absolute atomic E-state index is 13.9. The smallest absolute Gasteiger partial charge is 0.194 e. The van der Waals surface area contributed by atoms with Gasteiger partial charge in [-0.25, -0.2) is 13.2 Å². The molecule has 0 aliphatic rings. The molecule has 1 unspecified atom stereocenters. The van der Waals surface area contributed by atoms with Crippen LogP contribution in [0.5, 0.6) is 0 Å². The second kappa shape index (κ2) is 6.07. The summed E-state index contributed by atoms with van der Waals surface area (Å²) in [4.78, 5) is 0. The number of hydrogen-bond acceptors (Lipinski definition) is 2. The zero-order valence-electron chi connectivity index (χ0n) is 11.8. The second-order valence-corrected chi connectivity index (χ2v) is 5.16. The van der Waals surface area contributed by atoms with Crippen LogP contribution in [-0.2, 0) is 13.5 Å². The maximum atomic E-state index is 13.9. The second-order valence-electron chi connectivity index (χ2n) is 4.78. The summed E-state index contributed by atoms with van der Waals surface area (Å²) in [6.07, 6.45) is 0.300. The van der Waals surface area contributed by atoms with Crippen LogP contribution >= 0.6 is 11.6 Å². The highest BCUT2D eigenvalue weighted by Crippen LogP contribution is 2.28. The highest BCUT2D eigenvalue weighted by atomic mass is 35.5. The van der Waals surface area contributed by atoms with E-state index < -0.39 is 23.5 Å². The number of nitrogens with zero attached hydrogens (tertiary/aromatic N) is 2. The maximum Gasteiger partial charge on any atom is 0.194 e. The predicted octanol–water partition coefficient (Wildman–Crippen LogP) is 3.30. The molecule has 1 atom stereocenters. The Labute approximate surface area is 125 Å². The molecule has 0 aliphatic heterocycles. The fourth-order valence-corrected chi connectivity index (χ4v) is 2.51. The molecular weight excluding hydrogens is 303 g/mol. The van der Waals surface area contributed by atoms with Crippen LogP contribution < -0.4 is 5.32 Å². The van der Waals surface area contributed by atoms with E-state index in [9.17, 15) is 13.2 Å². The Morgan fingerprint density at radius 2 is 1.95 bits per heavy atom. The molecule has 1 aromatic carbocycles. The number of rotatable bonds is 4. The molecule has 2 rings (SSSR count). The van der Waals surface area contributed by atoms with Crippen LogP contribution in [0.3, 0.4) is 0 Å². The minimum atomic E-state index is -1.47. The number of likely N-dealkylation sites (N-methyl/N-ethyl adjacent to an activating group) is 1. The normalized spacial score (nSPS) is 12.7. The summed E-state index contributed by atoms with van der Waals surface area (Å²) in [5.41, 5.74) is 1.40. The Kier molecular flexibility index (Phi) is 4.58. The van der Waals surface area contributed by atoms with Crippen molar-refractivity contribution in [1.29, 1.82) is 0 Å². The van der Waals surface area contributed by atoms with Gasteiger partial charge >= 0.3 is 0 Å². The van der Waals surface area contributed by atoms with Gasteiger partial charge in [0, 0.05) is 25.1 Å². The SMILES string of the molecule is CNC(Cc1c(Cl)c(C)nn1C)c1ccc(F)c(F)c1F. The first-order valence-electron chi connectivity index (χ1n) is 6.35. The average molecular weight is 318 g/mol. The summed E-state index contributed by atoms with van der Waals surface area (Å²) in [6.45, 7) is 1.76. The van der Waals surface area contributed by atoms with E-state index in [0.29, 0.717) is 22.8 Å². The molecule has 0 aliphatic carbocycles. The predicted molar refractivity (Wildman–Crippen MR) is 74.8 cm³/mol. The lowest BCUT2D eigenvalue weighted by Crippen LogP contribution is -2.22. The Bertz CT molecular complexity index is 670. The van der Waals surface area contributed by atoms with Crippen LogP contribution in [0.1, 0.15) is 23.0 Å². The summed E-state index contributed by atoms with van der Waals surface area (Å²) < 4.78 is 41.9. The monoisotopic (exact) mass is 317 g/mol. The minimum Gasteiger partial charge on any atom is -0.313 e. The molecule has 0 amide bonds. The minimum absolute atomic E-state index is 0.0475. The standard InChI is InChI=1S/C14H15ClF3N3/c1-7-12(15)11(21(3)20-7)6-10(19-2)8-4-5-9(16)14(18)13(8)17/h4-5,10,19H,6H2,1-3H3. The van der Waals surface area contributed by atoms with E-state index >= 15 is 0 Å². The van der Waals surface area contributed by atoms with Gasteiger partial charge in [0.15, 0.2) is 17.5 Å². The molecule has 7 heteroatoms. The first kappa shape index (κ1) is 15.9. The van der Waals surface area contributed by atoms with Gasteiger partial charge in [0.25, 0.3) is 0 Å².